The van der Waals surface area contributed by atoms with Crippen molar-refractivity contribution in [2.75, 3.05) is 23.5 Å². The van der Waals surface area contributed by atoms with Gasteiger partial charge in [0, 0.05) is 19.1 Å². The van der Waals surface area contributed by atoms with Gasteiger partial charge in [0.2, 0.25) is 5.89 Å². The minimum atomic E-state index is -2.91. The molecule has 0 aromatic carbocycles. The highest BCUT2D eigenvalue weighted by molar-refractivity contribution is 7.91. The standard InChI is InChI=1S/C11H20N4O3S/c1-8(2)12-6-10-13-14-11(18-10)15(3)9-4-5-19(16,17)7-9/h8-9,12H,4-7H2,1-3H3. The van der Waals surface area contributed by atoms with E-state index >= 15 is 0 Å². The summed E-state index contributed by atoms with van der Waals surface area (Å²) in [5.74, 6) is 0.903. The molecule has 1 aromatic heterocycles. The molecule has 0 radical (unpaired) electrons. The van der Waals surface area contributed by atoms with E-state index in [9.17, 15) is 8.42 Å². The molecular weight excluding hydrogens is 268 g/mol. The summed E-state index contributed by atoms with van der Waals surface area (Å²) in [5, 5.41) is 11.1. The van der Waals surface area contributed by atoms with Crippen LogP contribution in [-0.4, -0.2) is 49.3 Å². The van der Waals surface area contributed by atoms with Gasteiger partial charge in [-0.05, 0) is 6.42 Å². The molecule has 1 N–H and O–H groups in total. The number of hydrogen-bond acceptors (Lipinski definition) is 7. The molecule has 1 aromatic rings. The van der Waals surface area contributed by atoms with Gasteiger partial charge in [0.15, 0.2) is 9.84 Å². The first-order valence-corrected chi connectivity index (χ1v) is 8.18. The molecule has 1 aliphatic heterocycles. The molecule has 1 unspecified atom stereocenters. The molecule has 1 aliphatic rings. The molecule has 8 heteroatoms. The number of anilines is 1. The summed E-state index contributed by atoms with van der Waals surface area (Å²) < 4.78 is 28.4. The molecule has 7 nitrogen and oxygen atoms in total. The van der Waals surface area contributed by atoms with Gasteiger partial charge >= 0.3 is 6.01 Å². The van der Waals surface area contributed by atoms with E-state index in [4.69, 9.17) is 4.42 Å². The monoisotopic (exact) mass is 288 g/mol. The van der Waals surface area contributed by atoms with Gasteiger partial charge in [-0.2, -0.15) is 0 Å². The number of aromatic nitrogens is 2. The fourth-order valence-electron chi connectivity index (χ4n) is 1.99. The molecule has 19 heavy (non-hydrogen) atoms. The van der Waals surface area contributed by atoms with Crippen LogP contribution in [-0.2, 0) is 16.4 Å². The third-order valence-electron chi connectivity index (χ3n) is 3.18. The van der Waals surface area contributed by atoms with Crippen molar-refractivity contribution in [3.8, 4) is 0 Å². The van der Waals surface area contributed by atoms with Crippen LogP contribution in [0.4, 0.5) is 6.01 Å². The minimum Gasteiger partial charge on any atom is -0.407 e. The molecule has 0 spiro atoms. The number of hydrogen-bond donors (Lipinski definition) is 1. The molecule has 0 saturated carbocycles. The van der Waals surface area contributed by atoms with Crippen LogP contribution in [0.15, 0.2) is 4.42 Å². The van der Waals surface area contributed by atoms with Gasteiger partial charge in [-0.3, -0.25) is 0 Å². The van der Waals surface area contributed by atoms with Crippen LogP contribution in [0, 0.1) is 0 Å². The summed E-state index contributed by atoms with van der Waals surface area (Å²) in [5.41, 5.74) is 0. The van der Waals surface area contributed by atoms with Gasteiger partial charge in [-0.1, -0.05) is 18.9 Å². The predicted molar refractivity (Wildman–Crippen MR) is 71.7 cm³/mol. The highest BCUT2D eigenvalue weighted by Gasteiger charge is 2.32. The Morgan fingerprint density at radius 3 is 2.79 bits per heavy atom. The van der Waals surface area contributed by atoms with Crippen LogP contribution < -0.4 is 10.2 Å². The van der Waals surface area contributed by atoms with E-state index in [0.717, 1.165) is 0 Å². The minimum absolute atomic E-state index is 0.0728. The SMILES string of the molecule is CC(C)NCc1nnc(N(C)C2CCS(=O)(=O)C2)o1. The lowest BCUT2D eigenvalue weighted by molar-refractivity contribution is 0.443. The maximum absolute atomic E-state index is 11.5. The van der Waals surface area contributed by atoms with Crippen molar-refractivity contribution in [1.82, 2.24) is 15.5 Å². The van der Waals surface area contributed by atoms with Gasteiger partial charge in [0.1, 0.15) is 0 Å². The van der Waals surface area contributed by atoms with Crippen molar-refractivity contribution in [1.29, 1.82) is 0 Å². The van der Waals surface area contributed by atoms with Gasteiger partial charge in [0.05, 0.1) is 18.1 Å². The Hall–Kier alpha value is -1.15. The van der Waals surface area contributed by atoms with E-state index in [1.165, 1.54) is 0 Å². The number of sulfone groups is 1. The zero-order valence-electron chi connectivity index (χ0n) is 11.5. The van der Waals surface area contributed by atoms with E-state index in [1.807, 2.05) is 13.8 Å². The van der Waals surface area contributed by atoms with Gasteiger partial charge in [0.25, 0.3) is 0 Å². The van der Waals surface area contributed by atoms with Crippen LogP contribution in [0.1, 0.15) is 26.2 Å². The van der Waals surface area contributed by atoms with Crippen molar-refractivity contribution in [3.63, 3.8) is 0 Å². The van der Waals surface area contributed by atoms with Gasteiger partial charge < -0.3 is 14.6 Å². The Morgan fingerprint density at radius 1 is 1.47 bits per heavy atom. The lowest BCUT2D eigenvalue weighted by atomic mass is 10.2. The normalized spacial score (nSPS) is 22.0. The third-order valence-corrected chi connectivity index (χ3v) is 4.93. The van der Waals surface area contributed by atoms with Crippen molar-refractivity contribution >= 4 is 15.9 Å². The summed E-state index contributed by atoms with van der Waals surface area (Å²) >= 11 is 0. The largest absolute Gasteiger partial charge is 0.407 e. The Balaban J connectivity index is 1.98. The smallest absolute Gasteiger partial charge is 0.318 e. The first-order valence-electron chi connectivity index (χ1n) is 6.36. The summed E-state index contributed by atoms with van der Waals surface area (Å²) in [6.45, 7) is 4.58. The van der Waals surface area contributed by atoms with Crippen molar-refractivity contribution in [2.45, 2.75) is 38.9 Å². The highest BCUT2D eigenvalue weighted by atomic mass is 32.2. The van der Waals surface area contributed by atoms with E-state index in [0.29, 0.717) is 30.9 Å². The quantitative estimate of drug-likeness (QED) is 0.827. The lowest BCUT2D eigenvalue weighted by Crippen LogP contribution is -2.32. The van der Waals surface area contributed by atoms with Crippen molar-refractivity contribution in [2.24, 2.45) is 0 Å². The molecule has 0 amide bonds. The first kappa shape index (κ1) is 14.3. The predicted octanol–water partition coefficient (Wildman–Crippen LogP) is 0.191. The molecule has 1 atom stereocenters. The average molecular weight is 288 g/mol. The summed E-state index contributed by atoms with van der Waals surface area (Å²) in [7, 11) is -1.12. The van der Waals surface area contributed by atoms with Crippen LogP contribution in [0.25, 0.3) is 0 Å². The zero-order valence-corrected chi connectivity index (χ0v) is 12.3. The van der Waals surface area contributed by atoms with E-state index < -0.39 is 9.84 Å². The summed E-state index contributed by atoms with van der Waals surface area (Å²) in [4.78, 5) is 1.76. The summed E-state index contributed by atoms with van der Waals surface area (Å²) in [6, 6.07) is 0.645. The van der Waals surface area contributed by atoms with Crippen molar-refractivity contribution < 1.29 is 12.8 Å². The second-order valence-electron chi connectivity index (χ2n) is 5.18. The van der Waals surface area contributed by atoms with E-state index in [-0.39, 0.29) is 17.5 Å². The number of nitrogens with zero attached hydrogens (tertiary/aromatic N) is 3. The number of nitrogens with one attached hydrogen (secondary N) is 1. The van der Waals surface area contributed by atoms with E-state index in [2.05, 4.69) is 15.5 Å². The Morgan fingerprint density at radius 2 is 2.21 bits per heavy atom. The molecule has 2 heterocycles. The van der Waals surface area contributed by atoms with Crippen LogP contribution in [0.5, 0.6) is 0 Å². The van der Waals surface area contributed by atoms with Crippen LogP contribution in [0.3, 0.4) is 0 Å². The second-order valence-corrected chi connectivity index (χ2v) is 7.41. The molecule has 0 aliphatic carbocycles. The lowest BCUT2D eigenvalue weighted by Gasteiger charge is -2.20. The molecular formula is C11H20N4O3S. The fraction of sp³-hybridized carbons (Fsp3) is 0.818. The Bertz CT molecular complexity index is 526. The second kappa shape index (κ2) is 5.46. The molecule has 1 fully saturated rings. The molecule has 1 saturated heterocycles. The fourth-order valence-corrected chi connectivity index (χ4v) is 3.76. The Kier molecular flexibility index (Phi) is 4.10. The Labute approximate surface area is 113 Å². The zero-order chi connectivity index (χ0) is 14.0. The summed E-state index contributed by atoms with van der Waals surface area (Å²) in [6.07, 6.45) is 0.612. The maximum atomic E-state index is 11.5. The van der Waals surface area contributed by atoms with Crippen LogP contribution >= 0.6 is 0 Å². The molecule has 2 rings (SSSR count). The van der Waals surface area contributed by atoms with Gasteiger partial charge in [-0.25, -0.2) is 8.42 Å². The third kappa shape index (κ3) is 3.66. The van der Waals surface area contributed by atoms with Crippen LogP contribution in [0.2, 0.25) is 0 Å². The maximum Gasteiger partial charge on any atom is 0.318 e. The topological polar surface area (TPSA) is 88.3 Å². The van der Waals surface area contributed by atoms with Crippen molar-refractivity contribution in [3.05, 3.63) is 5.89 Å². The number of rotatable bonds is 5. The van der Waals surface area contributed by atoms with Gasteiger partial charge in [-0.15, -0.1) is 5.10 Å². The van der Waals surface area contributed by atoms with E-state index in [1.54, 1.807) is 11.9 Å². The first-order chi connectivity index (χ1) is 8.87. The average Bonchev–Trinajstić information content (AvgIpc) is 2.92. The molecule has 108 valence electrons. The highest BCUT2D eigenvalue weighted by Crippen LogP contribution is 2.21. The molecule has 0 bridgehead atoms.